The second-order valence-electron chi connectivity index (χ2n) is 5.03. The molecule has 108 valence electrons. The third-order valence-electron chi connectivity index (χ3n) is 3.28. The third-order valence-corrected chi connectivity index (χ3v) is 3.28. The Kier molecular flexibility index (Phi) is 7.49. The SMILES string of the molecule is CCCCCCOc1ccc(F)cc1CC(N)CC. The second kappa shape index (κ2) is 8.92. The zero-order valence-electron chi connectivity index (χ0n) is 12.1. The van der Waals surface area contributed by atoms with E-state index in [0.717, 1.165) is 24.2 Å². The van der Waals surface area contributed by atoms with Gasteiger partial charge >= 0.3 is 0 Å². The van der Waals surface area contributed by atoms with E-state index < -0.39 is 0 Å². The molecule has 0 saturated carbocycles. The molecule has 0 aliphatic rings. The molecule has 0 aliphatic heterocycles. The molecule has 1 unspecified atom stereocenters. The average molecular weight is 267 g/mol. The van der Waals surface area contributed by atoms with Crippen molar-refractivity contribution in [1.29, 1.82) is 0 Å². The lowest BCUT2D eigenvalue weighted by Crippen LogP contribution is -2.21. The molecule has 3 heteroatoms. The Morgan fingerprint density at radius 1 is 1.21 bits per heavy atom. The largest absolute Gasteiger partial charge is 0.493 e. The maximum absolute atomic E-state index is 13.3. The molecule has 1 aromatic rings. The molecule has 0 bridgehead atoms. The number of ether oxygens (including phenoxy) is 1. The maximum atomic E-state index is 13.3. The van der Waals surface area contributed by atoms with Crippen molar-refractivity contribution in [2.45, 2.75) is 58.4 Å². The van der Waals surface area contributed by atoms with Crippen molar-refractivity contribution in [3.05, 3.63) is 29.6 Å². The summed E-state index contributed by atoms with van der Waals surface area (Å²) in [5.74, 6) is 0.554. The number of unbranched alkanes of at least 4 members (excludes halogenated alkanes) is 3. The summed E-state index contributed by atoms with van der Waals surface area (Å²) < 4.78 is 19.1. The Bertz CT molecular complexity index is 368. The fraction of sp³-hybridized carbons (Fsp3) is 0.625. The zero-order chi connectivity index (χ0) is 14.1. The van der Waals surface area contributed by atoms with Crippen LogP contribution in [0.15, 0.2) is 18.2 Å². The molecule has 2 nitrogen and oxygen atoms in total. The Balaban J connectivity index is 2.55. The first-order chi connectivity index (χ1) is 9.17. The Morgan fingerprint density at radius 3 is 2.68 bits per heavy atom. The summed E-state index contributed by atoms with van der Waals surface area (Å²) in [4.78, 5) is 0. The Hall–Kier alpha value is -1.09. The van der Waals surface area contributed by atoms with Crippen LogP contribution >= 0.6 is 0 Å². The molecule has 1 aromatic carbocycles. The predicted molar refractivity (Wildman–Crippen MR) is 78.0 cm³/mol. The highest BCUT2D eigenvalue weighted by Gasteiger charge is 2.09. The molecular weight excluding hydrogens is 241 g/mol. The number of halogens is 1. The maximum Gasteiger partial charge on any atom is 0.123 e. The minimum Gasteiger partial charge on any atom is -0.493 e. The molecule has 0 aromatic heterocycles. The predicted octanol–water partition coefficient (Wildman–Crippen LogP) is 4.06. The lowest BCUT2D eigenvalue weighted by Gasteiger charge is -2.14. The molecule has 0 spiro atoms. The van der Waals surface area contributed by atoms with Crippen LogP contribution in [0, 0.1) is 5.82 Å². The third kappa shape index (κ3) is 6.06. The second-order valence-corrected chi connectivity index (χ2v) is 5.03. The highest BCUT2D eigenvalue weighted by Crippen LogP contribution is 2.22. The molecular formula is C16H26FNO. The van der Waals surface area contributed by atoms with Gasteiger partial charge in [0.15, 0.2) is 0 Å². The van der Waals surface area contributed by atoms with Crippen LogP contribution in [-0.4, -0.2) is 12.6 Å². The standard InChI is InChI=1S/C16H26FNO/c1-3-5-6-7-10-19-16-9-8-14(17)11-13(16)12-15(18)4-2/h8-9,11,15H,3-7,10,12,18H2,1-2H3. The first-order valence-electron chi connectivity index (χ1n) is 7.34. The fourth-order valence-electron chi connectivity index (χ4n) is 1.99. The van der Waals surface area contributed by atoms with Gasteiger partial charge in [0.05, 0.1) is 6.61 Å². The van der Waals surface area contributed by atoms with Crippen molar-refractivity contribution in [2.75, 3.05) is 6.61 Å². The van der Waals surface area contributed by atoms with Gasteiger partial charge in [-0.25, -0.2) is 4.39 Å². The number of nitrogens with two attached hydrogens (primary N) is 1. The van der Waals surface area contributed by atoms with E-state index in [9.17, 15) is 4.39 Å². The van der Waals surface area contributed by atoms with Crippen LogP contribution in [0.3, 0.4) is 0 Å². The molecule has 0 saturated heterocycles. The molecule has 1 rings (SSSR count). The average Bonchev–Trinajstić information content (AvgIpc) is 2.40. The molecule has 0 aliphatic carbocycles. The Morgan fingerprint density at radius 2 is 2.00 bits per heavy atom. The molecule has 19 heavy (non-hydrogen) atoms. The summed E-state index contributed by atoms with van der Waals surface area (Å²) in [6.07, 6.45) is 6.23. The van der Waals surface area contributed by atoms with Gasteiger partial charge in [-0.05, 0) is 43.0 Å². The monoisotopic (exact) mass is 267 g/mol. The fourth-order valence-corrected chi connectivity index (χ4v) is 1.99. The van der Waals surface area contributed by atoms with E-state index in [1.54, 1.807) is 6.07 Å². The number of benzene rings is 1. The lowest BCUT2D eigenvalue weighted by atomic mass is 10.0. The van der Waals surface area contributed by atoms with Gasteiger partial charge in [-0.2, -0.15) is 0 Å². The van der Waals surface area contributed by atoms with Gasteiger partial charge in [0.2, 0.25) is 0 Å². The first-order valence-corrected chi connectivity index (χ1v) is 7.34. The summed E-state index contributed by atoms with van der Waals surface area (Å²) in [7, 11) is 0. The van der Waals surface area contributed by atoms with Crippen molar-refractivity contribution in [3.63, 3.8) is 0 Å². The van der Waals surface area contributed by atoms with Crippen LogP contribution in [0.2, 0.25) is 0 Å². The number of hydrogen-bond donors (Lipinski definition) is 1. The van der Waals surface area contributed by atoms with Crippen LogP contribution in [0.5, 0.6) is 5.75 Å². The molecule has 0 radical (unpaired) electrons. The van der Waals surface area contributed by atoms with Crippen molar-refractivity contribution >= 4 is 0 Å². The molecule has 2 N–H and O–H groups in total. The minimum absolute atomic E-state index is 0.0595. The van der Waals surface area contributed by atoms with Crippen LogP contribution in [0.4, 0.5) is 4.39 Å². The summed E-state index contributed by atoms with van der Waals surface area (Å²) in [6, 6.07) is 4.76. The summed E-state index contributed by atoms with van der Waals surface area (Å²) >= 11 is 0. The smallest absolute Gasteiger partial charge is 0.123 e. The van der Waals surface area contributed by atoms with Crippen molar-refractivity contribution in [2.24, 2.45) is 5.73 Å². The summed E-state index contributed by atoms with van der Waals surface area (Å²) in [5.41, 5.74) is 6.82. The van der Waals surface area contributed by atoms with E-state index in [0.29, 0.717) is 13.0 Å². The zero-order valence-corrected chi connectivity index (χ0v) is 12.1. The highest BCUT2D eigenvalue weighted by molar-refractivity contribution is 5.34. The minimum atomic E-state index is -0.225. The van der Waals surface area contributed by atoms with Crippen LogP contribution in [0.1, 0.15) is 51.5 Å². The molecule has 0 heterocycles. The normalized spacial score (nSPS) is 12.4. The van der Waals surface area contributed by atoms with E-state index in [1.165, 1.54) is 31.4 Å². The number of hydrogen-bond acceptors (Lipinski definition) is 2. The summed E-state index contributed by atoms with van der Waals surface area (Å²) in [6.45, 7) is 4.92. The van der Waals surface area contributed by atoms with Gasteiger partial charge in [0.1, 0.15) is 11.6 Å². The number of rotatable bonds is 9. The van der Waals surface area contributed by atoms with Crippen molar-refractivity contribution in [3.8, 4) is 5.75 Å². The van der Waals surface area contributed by atoms with Gasteiger partial charge in [-0.1, -0.05) is 33.1 Å². The van der Waals surface area contributed by atoms with Gasteiger partial charge in [-0.15, -0.1) is 0 Å². The van der Waals surface area contributed by atoms with Gasteiger partial charge in [0, 0.05) is 6.04 Å². The topological polar surface area (TPSA) is 35.2 Å². The van der Waals surface area contributed by atoms with Crippen LogP contribution in [0.25, 0.3) is 0 Å². The van der Waals surface area contributed by atoms with E-state index in [1.807, 2.05) is 6.92 Å². The van der Waals surface area contributed by atoms with E-state index in [-0.39, 0.29) is 11.9 Å². The van der Waals surface area contributed by atoms with Crippen molar-refractivity contribution in [1.82, 2.24) is 0 Å². The van der Waals surface area contributed by atoms with Crippen molar-refractivity contribution < 1.29 is 9.13 Å². The van der Waals surface area contributed by atoms with Crippen LogP contribution < -0.4 is 10.5 Å². The van der Waals surface area contributed by atoms with Crippen LogP contribution in [-0.2, 0) is 6.42 Å². The van der Waals surface area contributed by atoms with E-state index in [4.69, 9.17) is 10.5 Å². The molecule has 0 amide bonds. The van der Waals surface area contributed by atoms with E-state index >= 15 is 0 Å². The van der Waals surface area contributed by atoms with Gasteiger partial charge in [0.25, 0.3) is 0 Å². The summed E-state index contributed by atoms with van der Waals surface area (Å²) in [5, 5.41) is 0. The van der Waals surface area contributed by atoms with E-state index in [2.05, 4.69) is 6.92 Å². The first kappa shape index (κ1) is 16.0. The Labute approximate surface area is 116 Å². The lowest BCUT2D eigenvalue weighted by molar-refractivity contribution is 0.301. The molecule has 1 atom stereocenters. The van der Waals surface area contributed by atoms with Gasteiger partial charge < -0.3 is 10.5 Å². The highest BCUT2D eigenvalue weighted by atomic mass is 19.1. The quantitative estimate of drug-likeness (QED) is 0.685. The van der Waals surface area contributed by atoms with Gasteiger partial charge in [-0.3, -0.25) is 0 Å². The molecule has 0 fully saturated rings.